The second kappa shape index (κ2) is 6.36. The molecule has 0 aliphatic carbocycles. The van der Waals surface area contributed by atoms with Gasteiger partial charge in [0, 0.05) is 25.9 Å². The topological polar surface area (TPSA) is 35.8 Å². The molecule has 0 saturated carbocycles. The van der Waals surface area contributed by atoms with Crippen LogP contribution in [0.1, 0.15) is 18.4 Å². The van der Waals surface area contributed by atoms with E-state index < -0.39 is 0 Å². The zero-order chi connectivity index (χ0) is 12.8. The summed E-state index contributed by atoms with van der Waals surface area (Å²) in [5, 5.41) is 12.6. The number of hydrogen-bond acceptors (Lipinski definition) is 3. The molecule has 0 unspecified atom stereocenters. The van der Waals surface area contributed by atoms with Crippen LogP contribution in [0, 0.1) is 0 Å². The first-order valence-corrected chi connectivity index (χ1v) is 6.38. The van der Waals surface area contributed by atoms with Gasteiger partial charge >= 0.3 is 0 Å². The van der Waals surface area contributed by atoms with Crippen molar-refractivity contribution in [2.75, 3.05) is 20.1 Å². The van der Waals surface area contributed by atoms with E-state index in [9.17, 15) is 0 Å². The molecule has 3 heteroatoms. The zero-order valence-corrected chi connectivity index (χ0v) is 10.8. The Morgan fingerprint density at radius 3 is 2.72 bits per heavy atom. The Labute approximate surface area is 108 Å². The molecule has 1 heterocycles. The van der Waals surface area contributed by atoms with E-state index in [0.29, 0.717) is 0 Å². The highest BCUT2D eigenvalue weighted by molar-refractivity contribution is 5.88. The summed E-state index contributed by atoms with van der Waals surface area (Å²) < 4.78 is 0. The van der Waals surface area contributed by atoms with E-state index in [1.54, 1.807) is 0 Å². The van der Waals surface area contributed by atoms with Crippen LogP contribution in [0.3, 0.4) is 0 Å². The molecular formula is C15H20N2O. The van der Waals surface area contributed by atoms with E-state index in [1.807, 2.05) is 18.2 Å². The van der Waals surface area contributed by atoms with Crippen LogP contribution in [0.5, 0.6) is 0 Å². The molecule has 2 rings (SSSR count). The van der Waals surface area contributed by atoms with Crippen molar-refractivity contribution in [3.8, 4) is 0 Å². The van der Waals surface area contributed by atoms with Gasteiger partial charge in [0.1, 0.15) is 0 Å². The average Bonchev–Trinajstić information content (AvgIpc) is 2.39. The minimum atomic E-state index is 0.721. The molecule has 0 bridgehead atoms. The summed E-state index contributed by atoms with van der Waals surface area (Å²) in [5.74, 6) is 0. The molecule has 1 aliphatic heterocycles. The number of likely N-dealkylation sites (N-methyl/N-ethyl adjacent to an activating group) is 1. The normalized spacial score (nSPS) is 17.6. The van der Waals surface area contributed by atoms with Crippen LogP contribution in [0.15, 0.2) is 47.1 Å². The fraction of sp³-hybridized carbons (Fsp3) is 0.400. The van der Waals surface area contributed by atoms with Gasteiger partial charge in [-0.05, 0) is 19.0 Å². The fourth-order valence-corrected chi connectivity index (χ4v) is 2.33. The Morgan fingerprint density at radius 2 is 2.06 bits per heavy atom. The third-order valence-corrected chi connectivity index (χ3v) is 3.24. The van der Waals surface area contributed by atoms with Crippen molar-refractivity contribution in [1.29, 1.82) is 0 Å². The number of oxime groups is 1. The molecule has 0 saturated heterocycles. The lowest BCUT2D eigenvalue weighted by molar-refractivity contribution is 0.316. The Morgan fingerprint density at radius 1 is 1.28 bits per heavy atom. The van der Waals surface area contributed by atoms with Gasteiger partial charge in [-0.3, -0.25) is 0 Å². The first-order valence-electron chi connectivity index (χ1n) is 6.38. The van der Waals surface area contributed by atoms with E-state index in [1.165, 1.54) is 11.1 Å². The predicted octanol–water partition coefficient (Wildman–Crippen LogP) is 2.71. The number of rotatable bonds is 4. The monoisotopic (exact) mass is 244 g/mol. The van der Waals surface area contributed by atoms with Crippen molar-refractivity contribution in [3.63, 3.8) is 0 Å². The summed E-state index contributed by atoms with van der Waals surface area (Å²) in [4.78, 5) is 2.30. The summed E-state index contributed by atoms with van der Waals surface area (Å²) in [7, 11) is 2.12. The standard InChI is InChI=1S/C15H20N2O/c1-17-9-5-8-14(12-17)11-15(16-18)10-13-6-3-2-4-7-13/h2-4,6-8,18H,5,9-12H2,1H3/b16-15-. The first kappa shape index (κ1) is 12.8. The first-order chi connectivity index (χ1) is 8.78. The molecule has 18 heavy (non-hydrogen) atoms. The molecule has 3 nitrogen and oxygen atoms in total. The summed E-state index contributed by atoms with van der Waals surface area (Å²) in [6, 6.07) is 10.1. The maximum atomic E-state index is 9.13. The lowest BCUT2D eigenvalue weighted by atomic mass is 9.99. The van der Waals surface area contributed by atoms with E-state index in [0.717, 1.165) is 38.1 Å². The molecule has 0 fully saturated rings. The van der Waals surface area contributed by atoms with Crippen LogP contribution >= 0.6 is 0 Å². The molecule has 1 N–H and O–H groups in total. The number of benzene rings is 1. The van der Waals surface area contributed by atoms with E-state index in [2.05, 4.69) is 35.3 Å². The van der Waals surface area contributed by atoms with Gasteiger partial charge in [0.05, 0.1) is 5.71 Å². The Bertz CT molecular complexity index is 437. The summed E-state index contributed by atoms with van der Waals surface area (Å²) in [5.41, 5.74) is 3.38. The summed E-state index contributed by atoms with van der Waals surface area (Å²) >= 11 is 0. The lowest BCUT2D eigenvalue weighted by Crippen LogP contribution is -2.26. The van der Waals surface area contributed by atoms with Crippen LogP contribution in [-0.4, -0.2) is 36.0 Å². The predicted molar refractivity (Wildman–Crippen MR) is 74.2 cm³/mol. The second-order valence-electron chi connectivity index (χ2n) is 4.89. The molecule has 0 radical (unpaired) electrons. The van der Waals surface area contributed by atoms with Gasteiger partial charge in [-0.2, -0.15) is 0 Å². The maximum absolute atomic E-state index is 9.13. The minimum Gasteiger partial charge on any atom is -0.411 e. The largest absolute Gasteiger partial charge is 0.411 e. The van der Waals surface area contributed by atoms with E-state index >= 15 is 0 Å². The smallest absolute Gasteiger partial charge is 0.0655 e. The van der Waals surface area contributed by atoms with Gasteiger partial charge in [0.15, 0.2) is 0 Å². The minimum absolute atomic E-state index is 0.721. The lowest BCUT2D eigenvalue weighted by Gasteiger charge is -2.23. The van der Waals surface area contributed by atoms with E-state index in [4.69, 9.17) is 5.21 Å². The summed E-state index contributed by atoms with van der Waals surface area (Å²) in [6.07, 6.45) is 4.86. The molecule has 0 amide bonds. The van der Waals surface area contributed by atoms with Gasteiger partial charge in [-0.15, -0.1) is 0 Å². The maximum Gasteiger partial charge on any atom is 0.0655 e. The molecule has 0 atom stereocenters. The Kier molecular flexibility index (Phi) is 4.53. The molecule has 1 aromatic rings. The molecule has 1 aliphatic rings. The molecule has 96 valence electrons. The molecule has 1 aromatic carbocycles. The van der Waals surface area contributed by atoms with Crippen molar-refractivity contribution >= 4 is 5.71 Å². The van der Waals surface area contributed by atoms with Crippen LogP contribution in [0.2, 0.25) is 0 Å². The Hall–Kier alpha value is -1.61. The van der Waals surface area contributed by atoms with Crippen molar-refractivity contribution in [2.24, 2.45) is 5.16 Å². The second-order valence-corrected chi connectivity index (χ2v) is 4.89. The van der Waals surface area contributed by atoms with Gasteiger partial charge in [-0.25, -0.2) is 0 Å². The van der Waals surface area contributed by atoms with Crippen LogP contribution in [0.4, 0.5) is 0 Å². The molecular weight excluding hydrogens is 224 g/mol. The Balaban J connectivity index is 1.96. The summed E-state index contributed by atoms with van der Waals surface area (Å²) in [6.45, 7) is 2.10. The highest BCUT2D eigenvalue weighted by Crippen LogP contribution is 2.14. The van der Waals surface area contributed by atoms with Crippen LogP contribution in [0.25, 0.3) is 0 Å². The zero-order valence-electron chi connectivity index (χ0n) is 10.8. The fourth-order valence-electron chi connectivity index (χ4n) is 2.33. The van der Waals surface area contributed by atoms with Gasteiger partial charge in [-0.1, -0.05) is 47.1 Å². The third kappa shape index (κ3) is 3.70. The van der Waals surface area contributed by atoms with Crippen molar-refractivity contribution < 1.29 is 5.21 Å². The van der Waals surface area contributed by atoms with Crippen molar-refractivity contribution in [3.05, 3.63) is 47.5 Å². The van der Waals surface area contributed by atoms with Gasteiger partial charge in [0.25, 0.3) is 0 Å². The van der Waals surface area contributed by atoms with Gasteiger partial charge in [0.2, 0.25) is 0 Å². The number of nitrogens with zero attached hydrogens (tertiary/aromatic N) is 2. The highest BCUT2D eigenvalue weighted by Gasteiger charge is 2.11. The highest BCUT2D eigenvalue weighted by atomic mass is 16.4. The molecule has 0 aromatic heterocycles. The number of hydrogen-bond donors (Lipinski definition) is 1. The van der Waals surface area contributed by atoms with Crippen molar-refractivity contribution in [1.82, 2.24) is 4.90 Å². The van der Waals surface area contributed by atoms with Gasteiger partial charge < -0.3 is 10.1 Å². The average molecular weight is 244 g/mol. The molecule has 0 spiro atoms. The van der Waals surface area contributed by atoms with E-state index in [-0.39, 0.29) is 0 Å². The van der Waals surface area contributed by atoms with Crippen LogP contribution in [-0.2, 0) is 6.42 Å². The quantitative estimate of drug-likeness (QED) is 0.382. The third-order valence-electron chi connectivity index (χ3n) is 3.24. The SMILES string of the molecule is CN1CCC=C(C/C(Cc2ccccc2)=N\O)C1. The van der Waals surface area contributed by atoms with Crippen molar-refractivity contribution in [2.45, 2.75) is 19.3 Å². The van der Waals surface area contributed by atoms with Crippen LogP contribution < -0.4 is 0 Å².